The Hall–Kier alpha value is -1.74. The van der Waals surface area contributed by atoms with Crippen molar-refractivity contribution in [2.24, 2.45) is 0 Å². The highest BCUT2D eigenvalue weighted by atomic mass is 32.2. The highest BCUT2D eigenvalue weighted by Gasteiger charge is 2.24. The van der Waals surface area contributed by atoms with E-state index in [4.69, 9.17) is 9.63 Å². The molecule has 0 saturated heterocycles. The van der Waals surface area contributed by atoms with Crippen LogP contribution in [-0.4, -0.2) is 37.0 Å². The molecule has 0 radical (unpaired) electrons. The smallest absolute Gasteiger partial charge is 0.303 e. The van der Waals surface area contributed by atoms with E-state index in [1.165, 1.54) is 13.8 Å². The van der Waals surface area contributed by atoms with Crippen LogP contribution < -0.4 is 4.72 Å². The maximum Gasteiger partial charge on any atom is 0.303 e. The van der Waals surface area contributed by atoms with Crippen molar-refractivity contribution in [3.63, 3.8) is 0 Å². The fraction of sp³-hybridized carbons (Fsp3) is 0.545. The van der Waals surface area contributed by atoms with Crippen molar-refractivity contribution < 1.29 is 27.6 Å². The Morgan fingerprint density at radius 1 is 1.30 bits per heavy atom. The number of sulfonamides is 1. The number of hydrogen-bond donors (Lipinski definition) is 2. The lowest BCUT2D eigenvalue weighted by Crippen LogP contribution is -2.30. The van der Waals surface area contributed by atoms with Crippen LogP contribution in [0.25, 0.3) is 0 Å². The molecule has 8 nitrogen and oxygen atoms in total. The van der Waals surface area contributed by atoms with Crippen molar-refractivity contribution in [2.45, 2.75) is 38.0 Å². The molecule has 0 bridgehead atoms. The molecule has 0 spiro atoms. The quantitative estimate of drug-likeness (QED) is 0.711. The predicted molar refractivity (Wildman–Crippen MR) is 67.7 cm³/mol. The summed E-state index contributed by atoms with van der Waals surface area (Å²) in [5, 5.41) is 12.0. The van der Waals surface area contributed by atoms with E-state index in [-0.39, 0.29) is 47.9 Å². The van der Waals surface area contributed by atoms with Gasteiger partial charge < -0.3 is 9.63 Å². The summed E-state index contributed by atoms with van der Waals surface area (Å²) in [6.07, 6.45) is 0.0694. The normalized spacial score (nSPS) is 11.5. The van der Waals surface area contributed by atoms with E-state index in [0.717, 1.165) is 0 Å². The Morgan fingerprint density at radius 3 is 2.45 bits per heavy atom. The molecule has 112 valence electrons. The molecule has 0 unspecified atom stereocenters. The van der Waals surface area contributed by atoms with E-state index < -0.39 is 16.0 Å². The van der Waals surface area contributed by atoms with Gasteiger partial charge in [-0.25, -0.2) is 13.1 Å². The minimum atomic E-state index is -3.86. The fourth-order valence-corrected chi connectivity index (χ4v) is 2.97. The average Bonchev–Trinajstić information content (AvgIpc) is 2.67. The first-order valence-electron chi connectivity index (χ1n) is 5.90. The average molecular weight is 304 g/mol. The second-order valence-corrected chi connectivity index (χ2v) is 5.97. The Kier molecular flexibility index (Phi) is 5.40. The van der Waals surface area contributed by atoms with Crippen molar-refractivity contribution in [3.8, 4) is 0 Å². The third-order valence-corrected chi connectivity index (χ3v) is 4.19. The molecule has 0 fully saturated rings. The lowest BCUT2D eigenvalue weighted by atomic mass is 10.2. The summed E-state index contributed by atoms with van der Waals surface area (Å²) in [5.74, 6) is -1.22. The molecule has 0 aromatic carbocycles. The van der Waals surface area contributed by atoms with Crippen molar-refractivity contribution in [1.82, 2.24) is 9.88 Å². The molecule has 0 aliphatic heterocycles. The Labute approximate surface area is 116 Å². The molecular formula is C11H16N2O6S. The van der Waals surface area contributed by atoms with Gasteiger partial charge in [0.05, 0.1) is 6.54 Å². The van der Waals surface area contributed by atoms with Crippen LogP contribution in [0, 0.1) is 13.8 Å². The lowest BCUT2D eigenvalue weighted by molar-refractivity contribution is -0.137. The molecule has 1 rings (SSSR count). The molecule has 9 heteroatoms. The van der Waals surface area contributed by atoms with Gasteiger partial charge in [-0.1, -0.05) is 5.16 Å². The molecule has 0 saturated carbocycles. The molecule has 0 amide bonds. The van der Waals surface area contributed by atoms with Gasteiger partial charge in [0.1, 0.15) is 16.4 Å². The van der Waals surface area contributed by atoms with E-state index in [1.54, 1.807) is 0 Å². The number of nitrogens with zero attached hydrogens (tertiary/aromatic N) is 1. The molecule has 1 aromatic heterocycles. The molecule has 2 N–H and O–H groups in total. The summed E-state index contributed by atoms with van der Waals surface area (Å²) in [6.45, 7) is 2.56. The van der Waals surface area contributed by atoms with Gasteiger partial charge in [0.25, 0.3) is 0 Å². The summed E-state index contributed by atoms with van der Waals surface area (Å²) in [6, 6.07) is 0. The van der Waals surface area contributed by atoms with Gasteiger partial charge in [0, 0.05) is 12.8 Å². The number of carboxylic acids is 1. The van der Waals surface area contributed by atoms with Gasteiger partial charge in [-0.15, -0.1) is 0 Å². The SMILES string of the molecule is Cc1noc(C)c1S(=O)(=O)NCC(=O)CCCC(=O)O. The monoisotopic (exact) mass is 304 g/mol. The van der Waals surface area contributed by atoms with Crippen LogP contribution in [0.4, 0.5) is 0 Å². The minimum Gasteiger partial charge on any atom is -0.481 e. The summed E-state index contributed by atoms with van der Waals surface area (Å²) in [7, 11) is -3.86. The number of nitrogens with one attached hydrogen (secondary N) is 1. The maximum absolute atomic E-state index is 12.0. The van der Waals surface area contributed by atoms with E-state index in [9.17, 15) is 18.0 Å². The van der Waals surface area contributed by atoms with Crippen LogP contribution in [0.15, 0.2) is 9.42 Å². The van der Waals surface area contributed by atoms with E-state index in [2.05, 4.69) is 9.88 Å². The van der Waals surface area contributed by atoms with Crippen LogP contribution in [0.3, 0.4) is 0 Å². The molecule has 1 aromatic rings. The van der Waals surface area contributed by atoms with Crippen LogP contribution in [0.5, 0.6) is 0 Å². The second kappa shape index (κ2) is 6.62. The van der Waals surface area contributed by atoms with Gasteiger partial charge in [0.15, 0.2) is 5.76 Å². The summed E-state index contributed by atoms with van der Waals surface area (Å²) in [4.78, 5) is 21.7. The predicted octanol–water partition coefficient (Wildman–Crippen LogP) is 0.394. The highest BCUT2D eigenvalue weighted by Crippen LogP contribution is 2.18. The number of carboxylic acid groups (broad SMARTS) is 1. The van der Waals surface area contributed by atoms with Crippen molar-refractivity contribution >= 4 is 21.8 Å². The zero-order valence-corrected chi connectivity index (χ0v) is 12.0. The van der Waals surface area contributed by atoms with Crippen molar-refractivity contribution in [1.29, 1.82) is 0 Å². The number of aromatic nitrogens is 1. The molecule has 20 heavy (non-hydrogen) atoms. The van der Waals surface area contributed by atoms with Gasteiger partial charge in [-0.3, -0.25) is 9.59 Å². The van der Waals surface area contributed by atoms with Crippen molar-refractivity contribution in [3.05, 3.63) is 11.5 Å². The van der Waals surface area contributed by atoms with E-state index >= 15 is 0 Å². The third-order valence-electron chi connectivity index (χ3n) is 2.54. The fourth-order valence-electron chi connectivity index (χ4n) is 1.63. The van der Waals surface area contributed by atoms with E-state index in [0.29, 0.717) is 0 Å². The van der Waals surface area contributed by atoms with Gasteiger partial charge in [0.2, 0.25) is 10.0 Å². The number of aryl methyl sites for hydroxylation is 2. The molecule has 0 aliphatic carbocycles. The molecular weight excluding hydrogens is 288 g/mol. The first kappa shape index (κ1) is 16.3. The summed E-state index contributed by atoms with van der Waals surface area (Å²) < 4.78 is 30.8. The zero-order chi connectivity index (χ0) is 15.3. The third kappa shape index (κ3) is 4.42. The lowest BCUT2D eigenvalue weighted by Gasteiger charge is -2.05. The number of aliphatic carboxylic acids is 1. The van der Waals surface area contributed by atoms with Crippen molar-refractivity contribution in [2.75, 3.05) is 6.54 Å². The molecule has 0 atom stereocenters. The highest BCUT2D eigenvalue weighted by molar-refractivity contribution is 7.89. The van der Waals surface area contributed by atoms with Crippen LogP contribution >= 0.6 is 0 Å². The number of carbonyl (C=O) groups is 2. The largest absolute Gasteiger partial charge is 0.481 e. The van der Waals surface area contributed by atoms with E-state index in [1.807, 2.05) is 0 Å². The Bertz CT molecular complexity index is 585. The van der Waals surface area contributed by atoms with Crippen LogP contribution in [-0.2, 0) is 19.6 Å². The number of Topliss-reactive ketones (excluding diaryl/α,β-unsaturated/α-hetero) is 1. The summed E-state index contributed by atoms with van der Waals surface area (Å²) in [5.41, 5.74) is 0.216. The van der Waals surface area contributed by atoms with Gasteiger partial charge in [-0.2, -0.15) is 0 Å². The number of carbonyl (C=O) groups excluding carboxylic acids is 1. The van der Waals surface area contributed by atoms with Crippen LogP contribution in [0.2, 0.25) is 0 Å². The minimum absolute atomic E-state index is 0.0103. The van der Waals surface area contributed by atoms with Gasteiger partial charge >= 0.3 is 5.97 Å². The Morgan fingerprint density at radius 2 is 1.95 bits per heavy atom. The number of hydrogen-bond acceptors (Lipinski definition) is 6. The van der Waals surface area contributed by atoms with Crippen LogP contribution in [0.1, 0.15) is 30.7 Å². The standard InChI is InChI=1S/C11H16N2O6S/c1-7-11(8(2)19-13-7)20(17,18)12-6-9(14)4-3-5-10(15)16/h12H,3-6H2,1-2H3,(H,15,16). The number of rotatable bonds is 8. The summed E-state index contributed by atoms with van der Waals surface area (Å²) >= 11 is 0. The Balaban J connectivity index is 2.56. The second-order valence-electron chi connectivity index (χ2n) is 4.26. The first-order chi connectivity index (χ1) is 9.24. The molecule has 1 heterocycles. The van der Waals surface area contributed by atoms with Gasteiger partial charge in [-0.05, 0) is 20.3 Å². The zero-order valence-electron chi connectivity index (χ0n) is 11.2. The molecule has 0 aliphatic rings. The topological polar surface area (TPSA) is 127 Å². The first-order valence-corrected chi connectivity index (χ1v) is 7.38. The maximum atomic E-state index is 12.0. The number of ketones is 1.